The Kier molecular flexibility index (Phi) is 2.24. The van der Waals surface area contributed by atoms with Gasteiger partial charge < -0.3 is 15.9 Å². The standard InChI is InChI=1S/C7H9N3O3/c8-2-7(3-9)5(12)1-6(13)10(7)4-11/h2-3,8-9,11H,1,4H2. The summed E-state index contributed by atoms with van der Waals surface area (Å²) < 4.78 is 0. The SMILES string of the molecule is N=CC1(C=N)C(=O)CC(=O)N1CO. The maximum absolute atomic E-state index is 11.3. The van der Waals surface area contributed by atoms with Gasteiger partial charge in [0.2, 0.25) is 5.91 Å². The molecule has 3 N–H and O–H groups in total. The van der Waals surface area contributed by atoms with Gasteiger partial charge in [0.25, 0.3) is 0 Å². The van der Waals surface area contributed by atoms with Crippen molar-refractivity contribution in [2.75, 3.05) is 6.73 Å². The Morgan fingerprint density at radius 2 is 2.00 bits per heavy atom. The molecule has 70 valence electrons. The summed E-state index contributed by atoms with van der Waals surface area (Å²) in [6.07, 6.45) is 1.04. The van der Waals surface area contributed by atoms with Crippen molar-refractivity contribution in [3.05, 3.63) is 0 Å². The molecule has 6 nitrogen and oxygen atoms in total. The molecular weight excluding hydrogens is 174 g/mol. The van der Waals surface area contributed by atoms with Crippen LogP contribution in [-0.2, 0) is 9.59 Å². The van der Waals surface area contributed by atoms with Gasteiger partial charge in [-0.15, -0.1) is 0 Å². The predicted octanol–water partition coefficient (Wildman–Crippen LogP) is -1.22. The zero-order valence-corrected chi connectivity index (χ0v) is 6.78. The number of ketones is 1. The summed E-state index contributed by atoms with van der Waals surface area (Å²) in [5.41, 5.74) is -1.65. The van der Waals surface area contributed by atoms with E-state index in [1.165, 1.54) is 0 Å². The monoisotopic (exact) mass is 183 g/mol. The first-order valence-electron chi connectivity index (χ1n) is 3.60. The molecule has 0 aliphatic carbocycles. The molecule has 1 heterocycles. The third-order valence-corrected chi connectivity index (χ3v) is 2.09. The molecule has 0 atom stereocenters. The van der Waals surface area contributed by atoms with Crippen LogP contribution in [0.3, 0.4) is 0 Å². The Balaban J connectivity index is 3.18. The maximum atomic E-state index is 11.3. The largest absolute Gasteiger partial charge is 0.376 e. The lowest BCUT2D eigenvalue weighted by molar-refractivity contribution is -0.132. The fraction of sp³-hybridized carbons (Fsp3) is 0.429. The van der Waals surface area contributed by atoms with Gasteiger partial charge in [-0.2, -0.15) is 0 Å². The predicted molar refractivity (Wildman–Crippen MR) is 43.9 cm³/mol. The fourth-order valence-electron chi connectivity index (χ4n) is 1.29. The number of carbonyl (C=O) groups is 2. The highest BCUT2D eigenvalue weighted by atomic mass is 16.3. The van der Waals surface area contributed by atoms with Crippen LogP contribution in [-0.4, -0.2) is 46.4 Å². The highest BCUT2D eigenvalue weighted by Gasteiger charge is 2.49. The van der Waals surface area contributed by atoms with Gasteiger partial charge in [0, 0.05) is 12.4 Å². The highest BCUT2D eigenvalue weighted by molar-refractivity contribution is 6.27. The molecule has 13 heavy (non-hydrogen) atoms. The lowest BCUT2D eigenvalue weighted by Crippen LogP contribution is -2.52. The van der Waals surface area contributed by atoms with Crippen LogP contribution in [0.5, 0.6) is 0 Å². The second-order valence-electron chi connectivity index (χ2n) is 2.68. The normalized spacial score (nSPS) is 27.9. The second kappa shape index (κ2) is 3.06. The van der Waals surface area contributed by atoms with E-state index in [0.29, 0.717) is 12.4 Å². The minimum Gasteiger partial charge on any atom is -0.376 e. The van der Waals surface area contributed by atoms with E-state index in [4.69, 9.17) is 15.9 Å². The summed E-state index contributed by atoms with van der Waals surface area (Å²) >= 11 is 0. The van der Waals surface area contributed by atoms with Crippen LogP contribution >= 0.6 is 0 Å². The number of amides is 1. The second-order valence-corrected chi connectivity index (χ2v) is 2.68. The Morgan fingerprint density at radius 1 is 1.46 bits per heavy atom. The van der Waals surface area contributed by atoms with Gasteiger partial charge in [0.05, 0.1) is 6.42 Å². The maximum Gasteiger partial charge on any atom is 0.233 e. The number of hydrogen-bond acceptors (Lipinski definition) is 5. The van der Waals surface area contributed by atoms with Crippen molar-refractivity contribution in [3.8, 4) is 0 Å². The van der Waals surface area contributed by atoms with E-state index < -0.39 is 24.0 Å². The number of rotatable bonds is 3. The fourth-order valence-corrected chi connectivity index (χ4v) is 1.29. The van der Waals surface area contributed by atoms with Gasteiger partial charge in [-0.3, -0.25) is 14.5 Å². The van der Waals surface area contributed by atoms with Crippen molar-refractivity contribution in [2.45, 2.75) is 12.0 Å². The van der Waals surface area contributed by atoms with Crippen molar-refractivity contribution in [3.63, 3.8) is 0 Å². The summed E-state index contributed by atoms with van der Waals surface area (Å²) in [4.78, 5) is 23.2. The molecule has 0 bridgehead atoms. The van der Waals surface area contributed by atoms with Gasteiger partial charge in [-0.25, -0.2) is 0 Å². The van der Waals surface area contributed by atoms with E-state index in [-0.39, 0.29) is 6.42 Å². The van der Waals surface area contributed by atoms with Gasteiger partial charge >= 0.3 is 0 Å². The molecule has 0 spiro atoms. The topological polar surface area (TPSA) is 105 Å². The van der Waals surface area contributed by atoms with Crippen molar-refractivity contribution in [1.82, 2.24) is 4.90 Å². The Hall–Kier alpha value is -1.56. The molecule has 1 saturated heterocycles. The number of aliphatic hydroxyl groups excluding tert-OH is 1. The molecule has 0 radical (unpaired) electrons. The summed E-state index contributed by atoms with van der Waals surface area (Å²) in [6, 6.07) is 0. The quantitative estimate of drug-likeness (QED) is 0.377. The molecule has 0 unspecified atom stereocenters. The number of hydrogen-bond donors (Lipinski definition) is 3. The molecule has 0 aromatic rings. The molecule has 0 aromatic carbocycles. The van der Waals surface area contributed by atoms with Crippen molar-refractivity contribution < 1.29 is 14.7 Å². The van der Waals surface area contributed by atoms with Crippen molar-refractivity contribution in [2.24, 2.45) is 0 Å². The lowest BCUT2D eigenvalue weighted by Gasteiger charge is -2.27. The third-order valence-electron chi connectivity index (χ3n) is 2.09. The van der Waals surface area contributed by atoms with Crippen molar-refractivity contribution >= 4 is 24.1 Å². The Bertz CT molecular complexity index is 279. The van der Waals surface area contributed by atoms with Gasteiger partial charge in [0.15, 0.2) is 11.3 Å². The third kappa shape index (κ3) is 1.06. The van der Waals surface area contributed by atoms with Crippen LogP contribution in [0.15, 0.2) is 0 Å². The summed E-state index contributed by atoms with van der Waals surface area (Å²) in [5.74, 6) is -1.10. The zero-order valence-electron chi connectivity index (χ0n) is 6.78. The number of carbonyl (C=O) groups excluding carboxylic acids is 2. The van der Waals surface area contributed by atoms with Crippen LogP contribution in [0.4, 0.5) is 0 Å². The van der Waals surface area contributed by atoms with Gasteiger partial charge in [-0.05, 0) is 0 Å². The smallest absolute Gasteiger partial charge is 0.233 e. The first kappa shape index (κ1) is 9.53. The van der Waals surface area contributed by atoms with E-state index in [2.05, 4.69) is 0 Å². The average Bonchev–Trinajstić information content (AvgIpc) is 2.36. The molecule has 1 rings (SSSR count). The number of nitrogens with zero attached hydrogens (tertiary/aromatic N) is 1. The minimum atomic E-state index is -1.65. The Labute approximate surface area is 74.2 Å². The van der Waals surface area contributed by atoms with Crippen molar-refractivity contribution in [1.29, 1.82) is 10.8 Å². The van der Waals surface area contributed by atoms with Crippen LogP contribution in [0.2, 0.25) is 0 Å². The summed E-state index contributed by atoms with van der Waals surface area (Å²) in [5, 5.41) is 22.8. The highest BCUT2D eigenvalue weighted by Crippen LogP contribution is 2.22. The minimum absolute atomic E-state index is 0.356. The molecule has 1 fully saturated rings. The molecular formula is C7H9N3O3. The van der Waals surface area contributed by atoms with E-state index in [1.807, 2.05) is 0 Å². The van der Waals surface area contributed by atoms with E-state index in [0.717, 1.165) is 4.90 Å². The molecule has 0 saturated carbocycles. The summed E-state index contributed by atoms with van der Waals surface area (Å²) in [6.45, 7) is -0.657. The van der Waals surface area contributed by atoms with Gasteiger partial charge in [0.1, 0.15) is 6.73 Å². The molecule has 6 heteroatoms. The van der Waals surface area contributed by atoms with E-state index in [1.54, 1.807) is 0 Å². The Morgan fingerprint density at radius 3 is 2.31 bits per heavy atom. The first-order valence-corrected chi connectivity index (χ1v) is 3.60. The average molecular weight is 183 g/mol. The number of likely N-dealkylation sites (tertiary alicyclic amines) is 1. The molecule has 0 aromatic heterocycles. The molecule has 1 aliphatic rings. The van der Waals surface area contributed by atoms with Gasteiger partial charge in [-0.1, -0.05) is 0 Å². The van der Waals surface area contributed by atoms with E-state index in [9.17, 15) is 9.59 Å². The lowest BCUT2D eigenvalue weighted by atomic mass is 9.98. The zero-order chi connectivity index (χ0) is 10.1. The van der Waals surface area contributed by atoms with Crippen LogP contribution in [0.25, 0.3) is 0 Å². The number of aliphatic hydroxyl groups is 1. The first-order chi connectivity index (χ1) is 6.12. The molecule has 1 amide bonds. The van der Waals surface area contributed by atoms with Crippen LogP contribution in [0, 0.1) is 10.8 Å². The summed E-state index contributed by atoms with van der Waals surface area (Å²) in [7, 11) is 0. The van der Waals surface area contributed by atoms with Crippen LogP contribution in [0.1, 0.15) is 6.42 Å². The number of nitrogens with one attached hydrogen (secondary N) is 2. The number of Topliss-reactive ketones (excluding diaryl/α,β-unsaturated/α-hetero) is 1. The van der Waals surface area contributed by atoms with E-state index >= 15 is 0 Å². The van der Waals surface area contributed by atoms with Crippen LogP contribution < -0.4 is 0 Å². The molecule has 1 aliphatic heterocycles.